The average molecular weight is 491 g/mol. The van der Waals surface area contributed by atoms with E-state index in [2.05, 4.69) is 9.84 Å². The Morgan fingerprint density at radius 2 is 1.70 bits per heavy atom. The summed E-state index contributed by atoms with van der Waals surface area (Å²) in [7, 11) is 0. The average Bonchev–Trinajstić information content (AvgIpc) is 2.91. The van der Waals surface area contributed by atoms with Gasteiger partial charge in [-0.1, -0.05) is 11.6 Å². The number of aromatic nitrogens is 2. The van der Waals surface area contributed by atoms with E-state index in [-0.39, 0.29) is 10.5 Å². The number of aryl methyl sites for hydroxylation is 1. The molecule has 1 unspecified atom stereocenters. The zero-order valence-electron chi connectivity index (χ0n) is 14.4. The van der Waals surface area contributed by atoms with Crippen molar-refractivity contribution >= 4 is 23.4 Å². The van der Waals surface area contributed by atoms with Crippen LogP contribution in [0.1, 0.15) is 5.56 Å². The van der Waals surface area contributed by atoms with Crippen molar-refractivity contribution in [3.8, 4) is 11.6 Å². The van der Waals surface area contributed by atoms with Crippen molar-refractivity contribution in [2.24, 2.45) is 0 Å². The summed E-state index contributed by atoms with van der Waals surface area (Å²) in [6, 6.07) is 2.17. The Labute approximate surface area is 170 Å². The normalized spacial score (nSPS) is 14.1. The van der Waals surface area contributed by atoms with Crippen LogP contribution < -0.4 is 4.74 Å². The van der Waals surface area contributed by atoms with Gasteiger partial charge in [-0.05, 0) is 24.6 Å². The molecule has 3 nitrogen and oxygen atoms in total. The molecule has 0 saturated heterocycles. The predicted molar refractivity (Wildman–Crippen MR) is 86.6 cm³/mol. The molecule has 1 aromatic carbocycles. The van der Waals surface area contributed by atoms with Gasteiger partial charge in [0.15, 0.2) is 0 Å². The first kappa shape index (κ1) is 24.4. The number of thioether (sulfide) groups is 1. The fourth-order valence-corrected chi connectivity index (χ4v) is 3.08. The summed E-state index contributed by atoms with van der Waals surface area (Å²) in [6.07, 6.45) is -20.5. The molecule has 30 heavy (non-hydrogen) atoms. The molecule has 15 heteroatoms. The van der Waals surface area contributed by atoms with Crippen LogP contribution in [0, 0.1) is 12.7 Å². The molecule has 0 radical (unpaired) electrons. The lowest BCUT2D eigenvalue weighted by atomic mass is 10.2. The van der Waals surface area contributed by atoms with Gasteiger partial charge in [0.2, 0.25) is 5.88 Å². The van der Waals surface area contributed by atoms with E-state index in [9.17, 15) is 43.9 Å². The van der Waals surface area contributed by atoms with E-state index < -0.39 is 52.9 Å². The molecule has 0 saturated carbocycles. The zero-order valence-corrected chi connectivity index (χ0v) is 16.0. The van der Waals surface area contributed by atoms with Crippen LogP contribution in [0.2, 0.25) is 5.15 Å². The van der Waals surface area contributed by atoms with Gasteiger partial charge in [0.1, 0.15) is 16.7 Å². The minimum absolute atomic E-state index is 0.0519. The van der Waals surface area contributed by atoms with Gasteiger partial charge in [0, 0.05) is 11.0 Å². The van der Waals surface area contributed by atoms with Crippen LogP contribution in [0.15, 0.2) is 23.1 Å². The second-order valence-electron chi connectivity index (χ2n) is 5.76. The highest BCUT2D eigenvalue weighted by atomic mass is 35.5. The third-order valence-corrected chi connectivity index (χ3v) is 4.82. The van der Waals surface area contributed by atoms with E-state index >= 15 is 0 Å². The zero-order chi connectivity index (χ0) is 23.1. The number of alkyl halides is 9. The van der Waals surface area contributed by atoms with Gasteiger partial charge in [-0.2, -0.15) is 35.1 Å². The molecule has 1 aromatic heterocycles. The second kappa shape index (κ2) is 8.36. The van der Waals surface area contributed by atoms with Gasteiger partial charge >= 0.3 is 18.5 Å². The van der Waals surface area contributed by atoms with Gasteiger partial charge in [-0.15, -0.1) is 16.9 Å². The van der Waals surface area contributed by atoms with Gasteiger partial charge in [0.05, 0.1) is 5.75 Å². The molecule has 0 amide bonds. The van der Waals surface area contributed by atoms with Crippen molar-refractivity contribution in [1.29, 1.82) is 0 Å². The Morgan fingerprint density at radius 1 is 1.10 bits per heavy atom. The molecule has 1 heterocycles. The summed E-state index contributed by atoms with van der Waals surface area (Å²) >= 11 is 6.00. The fourth-order valence-electron chi connectivity index (χ4n) is 2.06. The smallest absolute Gasteiger partial charge is 0.411 e. The molecule has 0 aliphatic carbocycles. The molecule has 2 rings (SSSR count). The Bertz CT molecular complexity index is 912. The number of nitrogens with zero attached hydrogens (tertiary/aromatic N) is 2. The van der Waals surface area contributed by atoms with Crippen LogP contribution in [-0.2, 0) is 0 Å². The van der Waals surface area contributed by atoms with Crippen LogP contribution in [0.4, 0.5) is 43.9 Å². The van der Waals surface area contributed by atoms with Crippen molar-refractivity contribution in [1.82, 2.24) is 9.78 Å². The highest BCUT2D eigenvalue weighted by molar-refractivity contribution is 7.99. The van der Waals surface area contributed by atoms with Gasteiger partial charge in [-0.3, -0.25) is 0 Å². The number of hydrogen-bond acceptors (Lipinski definition) is 3. The topological polar surface area (TPSA) is 27.1 Å². The van der Waals surface area contributed by atoms with Crippen molar-refractivity contribution < 1.29 is 48.6 Å². The first-order valence-corrected chi connectivity index (χ1v) is 8.91. The molecule has 0 spiro atoms. The fraction of sp³-hybridized carbons (Fsp3) is 0.400. The van der Waals surface area contributed by atoms with Crippen LogP contribution in [0.5, 0.6) is 5.88 Å². The standard InChI is InChI=1S/C15H9ClF10N2OS/c1-6-2-7(17)8(3-9(6)30-5-13(19,20)21)28-10(16)4-11(27-28)29-15(25,26)12(18)14(22,23)24/h2-4,12H,5H2,1H3. The van der Waals surface area contributed by atoms with Crippen molar-refractivity contribution in [3.05, 3.63) is 34.7 Å². The Morgan fingerprint density at radius 3 is 2.23 bits per heavy atom. The Hall–Kier alpha value is -1.83. The minimum atomic E-state index is -5.94. The lowest BCUT2D eigenvalue weighted by Gasteiger charge is -2.21. The largest absolute Gasteiger partial charge is 0.440 e. The van der Waals surface area contributed by atoms with Crippen molar-refractivity contribution in [2.45, 2.75) is 36.5 Å². The summed E-state index contributed by atoms with van der Waals surface area (Å²) in [5.74, 6) is -3.67. The summed E-state index contributed by atoms with van der Waals surface area (Å²) in [4.78, 5) is -0.0519. The number of ether oxygens (including phenoxy) is 1. The number of hydrogen-bond donors (Lipinski definition) is 0. The minimum Gasteiger partial charge on any atom is -0.411 e. The number of benzene rings is 1. The maximum atomic E-state index is 14.3. The maximum absolute atomic E-state index is 14.3. The van der Waals surface area contributed by atoms with Crippen LogP contribution in [-0.4, -0.2) is 40.2 Å². The van der Waals surface area contributed by atoms with E-state index in [1.165, 1.54) is 6.92 Å². The van der Waals surface area contributed by atoms with Gasteiger partial charge in [0.25, 0.3) is 6.17 Å². The summed E-state index contributed by atoms with van der Waals surface area (Å²) < 4.78 is 132. The second-order valence-corrected chi connectivity index (χ2v) is 7.16. The lowest BCUT2D eigenvalue weighted by molar-refractivity contribution is -0.305. The van der Waals surface area contributed by atoms with E-state index in [4.69, 9.17) is 11.6 Å². The molecular weight excluding hydrogens is 482 g/mol. The number of halogens is 11. The molecule has 1 atom stereocenters. The first-order chi connectivity index (χ1) is 13.5. The maximum Gasteiger partial charge on any atom is 0.440 e. The third kappa shape index (κ3) is 5.86. The molecule has 0 aliphatic heterocycles. The molecule has 168 valence electrons. The lowest BCUT2D eigenvalue weighted by Crippen LogP contribution is -2.45. The summed E-state index contributed by atoms with van der Waals surface area (Å²) in [5.41, 5.74) is -0.483. The highest BCUT2D eigenvalue weighted by Crippen LogP contribution is 2.38. The van der Waals surface area contributed by atoms with Crippen LogP contribution in [0.3, 0.4) is 0 Å². The van der Waals surface area contributed by atoms with E-state index in [0.29, 0.717) is 22.5 Å². The van der Waals surface area contributed by atoms with E-state index in [0.717, 1.165) is 12.1 Å². The van der Waals surface area contributed by atoms with Crippen molar-refractivity contribution in [3.63, 3.8) is 0 Å². The quantitative estimate of drug-likeness (QED) is 0.342. The summed E-state index contributed by atoms with van der Waals surface area (Å²) in [5, 5.41) is 2.61. The third-order valence-electron chi connectivity index (χ3n) is 3.33. The highest BCUT2D eigenvalue weighted by Gasteiger charge is 2.59. The first-order valence-electron chi connectivity index (χ1n) is 7.54. The molecule has 0 fully saturated rings. The molecular formula is C15H9ClF10N2OS. The monoisotopic (exact) mass is 490 g/mol. The number of rotatable bonds is 6. The van der Waals surface area contributed by atoms with E-state index in [1.807, 2.05) is 0 Å². The van der Waals surface area contributed by atoms with E-state index in [1.54, 1.807) is 0 Å². The van der Waals surface area contributed by atoms with Gasteiger partial charge in [-0.25, -0.2) is 13.5 Å². The Balaban J connectivity index is 2.36. The molecule has 0 bridgehead atoms. The SMILES string of the molecule is Cc1cc(F)c(-n2nc(OC(F)(F)C(F)C(F)(F)F)cc2Cl)cc1SCC(F)(F)F. The van der Waals surface area contributed by atoms with Crippen molar-refractivity contribution in [2.75, 3.05) is 5.75 Å². The molecule has 2 aromatic rings. The van der Waals surface area contributed by atoms with Gasteiger partial charge < -0.3 is 4.74 Å². The Kier molecular flexibility index (Phi) is 6.81. The van der Waals surface area contributed by atoms with Crippen LogP contribution >= 0.6 is 23.4 Å². The van der Waals surface area contributed by atoms with Crippen LogP contribution in [0.25, 0.3) is 5.69 Å². The molecule has 0 aliphatic rings. The molecule has 0 N–H and O–H groups in total. The summed E-state index contributed by atoms with van der Waals surface area (Å²) in [6.45, 7) is 1.31. The predicted octanol–water partition coefficient (Wildman–Crippen LogP) is 6.50.